The molecule has 1 aromatic rings. The number of hydrogen-bond donors (Lipinski definition) is 1. The van der Waals surface area contributed by atoms with Gasteiger partial charge in [0.25, 0.3) is 0 Å². The van der Waals surface area contributed by atoms with Gasteiger partial charge < -0.3 is 15.0 Å². The molecule has 0 amide bonds. The largest absolute Gasteiger partial charge is 0.462 e. The molecule has 1 aliphatic heterocycles. The summed E-state index contributed by atoms with van der Waals surface area (Å²) < 4.78 is 4.95. The number of nitrogens with one attached hydrogen (secondary N) is 1. The molecule has 0 radical (unpaired) electrons. The summed E-state index contributed by atoms with van der Waals surface area (Å²) in [6, 6.07) is 5.49. The number of nitrogens with zero attached hydrogens (tertiary/aromatic N) is 1. The first-order chi connectivity index (χ1) is 8.72. The smallest absolute Gasteiger partial charge is 0.339 e. The number of carbonyl (C=O) groups is 1. The highest BCUT2D eigenvalue weighted by Crippen LogP contribution is 2.24. The molecule has 0 spiro atoms. The van der Waals surface area contributed by atoms with Crippen molar-refractivity contribution in [1.29, 1.82) is 0 Å². The summed E-state index contributed by atoms with van der Waals surface area (Å²) in [5, 5.41) is 3.75. The molecule has 1 aromatic carbocycles. The highest BCUT2D eigenvalue weighted by molar-refractivity contribution is 6.33. The summed E-state index contributed by atoms with van der Waals surface area (Å²) in [6.45, 7) is 5.98. The van der Waals surface area contributed by atoms with Crippen molar-refractivity contribution in [1.82, 2.24) is 5.32 Å². The summed E-state index contributed by atoms with van der Waals surface area (Å²) in [5.41, 5.74) is 1.48. The zero-order valence-corrected chi connectivity index (χ0v) is 11.2. The van der Waals surface area contributed by atoms with Crippen molar-refractivity contribution < 1.29 is 9.53 Å². The third-order valence-corrected chi connectivity index (χ3v) is 3.24. The summed E-state index contributed by atoms with van der Waals surface area (Å²) in [4.78, 5) is 13.9. The Morgan fingerprint density at radius 1 is 1.44 bits per heavy atom. The van der Waals surface area contributed by atoms with Crippen LogP contribution in [0.3, 0.4) is 0 Å². The van der Waals surface area contributed by atoms with E-state index in [0.29, 0.717) is 17.2 Å². The second-order valence-corrected chi connectivity index (χ2v) is 4.53. The first-order valence-corrected chi connectivity index (χ1v) is 6.52. The fourth-order valence-electron chi connectivity index (χ4n) is 2.00. The third kappa shape index (κ3) is 2.94. The van der Waals surface area contributed by atoms with Crippen LogP contribution in [0.15, 0.2) is 18.2 Å². The van der Waals surface area contributed by atoms with E-state index in [0.717, 1.165) is 31.9 Å². The molecule has 5 heteroatoms. The van der Waals surface area contributed by atoms with Gasteiger partial charge in [0.05, 0.1) is 17.2 Å². The van der Waals surface area contributed by atoms with Gasteiger partial charge in [0.15, 0.2) is 0 Å². The lowest BCUT2D eigenvalue weighted by atomic mass is 10.2. The van der Waals surface area contributed by atoms with E-state index in [2.05, 4.69) is 10.2 Å². The van der Waals surface area contributed by atoms with E-state index in [-0.39, 0.29) is 5.97 Å². The zero-order valence-electron chi connectivity index (χ0n) is 10.4. The molecule has 2 rings (SSSR count). The number of carbonyl (C=O) groups excluding carboxylic acids is 1. The first kappa shape index (κ1) is 13.2. The minimum atomic E-state index is -0.366. The Hall–Kier alpha value is -1.26. The molecule has 0 bridgehead atoms. The highest BCUT2D eigenvalue weighted by Gasteiger charge is 2.15. The van der Waals surface area contributed by atoms with Crippen molar-refractivity contribution >= 4 is 23.3 Å². The SMILES string of the molecule is CCOC(=O)c1ccc(N2CCNCC2)cc1Cl. The second kappa shape index (κ2) is 6.07. The predicted octanol–water partition coefficient (Wildman–Crippen LogP) is 1.93. The molecule has 0 aromatic heterocycles. The van der Waals surface area contributed by atoms with Crippen LogP contribution < -0.4 is 10.2 Å². The number of halogens is 1. The van der Waals surface area contributed by atoms with Crippen LogP contribution in [-0.4, -0.2) is 38.8 Å². The number of ether oxygens (including phenoxy) is 1. The van der Waals surface area contributed by atoms with Crippen LogP contribution in [0.5, 0.6) is 0 Å². The number of rotatable bonds is 3. The van der Waals surface area contributed by atoms with Crippen LogP contribution in [0.25, 0.3) is 0 Å². The van der Waals surface area contributed by atoms with Gasteiger partial charge in [0, 0.05) is 31.9 Å². The lowest BCUT2D eigenvalue weighted by Crippen LogP contribution is -2.43. The van der Waals surface area contributed by atoms with Crippen LogP contribution in [-0.2, 0) is 4.74 Å². The molecule has 0 aliphatic carbocycles. The minimum Gasteiger partial charge on any atom is -0.462 e. The predicted molar refractivity (Wildman–Crippen MR) is 72.5 cm³/mol. The second-order valence-electron chi connectivity index (χ2n) is 4.12. The summed E-state index contributed by atoms with van der Waals surface area (Å²) >= 11 is 6.14. The molecule has 98 valence electrons. The van der Waals surface area contributed by atoms with E-state index >= 15 is 0 Å². The van der Waals surface area contributed by atoms with E-state index in [9.17, 15) is 4.79 Å². The van der Waals surface area contributed by atoms with Gasteiger partial charge in [-0.2, -0.15) is 0 Å². The van der Waals surface area contributed by atoms with Crippen LogP contribution in [0.1, 0.15) is 17.3 Å². The van der Waals surface area contributed by atoms with E-state index in [1.54, 1.807) is 13.0 Å². The van der Waals surface area contributed by atoms with E-state index in [1.807, 2.05) is 12.1 Å². The first-order valence-electron chi connectivity index (χ1n) is 6.14. The molecule has 1 heterocycles. The molecule has 1 fully saturated rings. The van der Waals surface area contributed by atoms with Crippen LogP contribution in [0.2, 0.25) is 5.02 Å². The Morgan fingerprint density at radius 3 is 2.78 bits per heavy atom. The van der Waals surface area contributed by atoms with Crippen molar-refractivity contribution in [3.63, 3.8) is 0 Å². The average molecular weight is 269 g/mol. The molecule has 1 N–H and O–H groups in total. The van der Waals surface area contributed by atoms with E-state index in [1.165, 1.54) is 0 Å². The van der Waals surface area contributed by atoms with Crippen LogP contribution in [0, 0.1) is 0 Å². The third-order valence-electron chi connectivity index (χ3n) is 2.93. The Labute approximate surface area is 112 Å². The molecular formula is C13H17ClN2O2. The monoisotopic (exact) mass is 268 g/mol. The van der Waals surface area contributed by atoms with Crippen molar-refractivity contribution in [2.75, 3.05) is 37.7 Å². The fraction of sp³-hybridized carbons (Fsp3) is 0.462. The van der Waals surface area contributed by atoms with E-state index < -0.39 is 0 Å². The summed E-state index contributed by atoms with van der Waals surface area (Å²) in [6.07, 6.45) is 0. The van der Waals surface area contributed by atoms with Gasteiger partial charge in [-0.25, -0.2) is 4.79 Å². The van der Waals surface area contributed by atoms with E-state index in [4.69, 9.17) is 16.3 Å². The quantitative estimate of drug-likeness (QED) is 0.851. The number of piperazine rings is 1. The molecule has 1 saturated heterocycles. The van der Waals surface area contributed by atoms with Gasteiger partial charge in [0.2, 0.25) is 0 Å². The van der Waals surface area contributed by atoms with Gasteiger partial charge in [-0.15, -0.1) is 0 Å². The standard InChI is InChI=1S/C13H17ClN2O2/c1-2-18-13(17)11-4-3-10(9-12(11)14)16-7-5-15-6-8-16/h3-4,9,15H,2,5-8H2,1H3. The lowest BCUT2D eigenvalue weighted by molar-refractivity contribution is 0.0526. The summed E-state index contributed by atoms with van der Waals surface area (Å²) in [7, 11) is 0. The van der Waals surface area contributed by atoms with Crippen molar-refractivity contribution in [2.24, 2.45) is 0 Å². The molecule has 1 aliphatic rings. The highest BCUT2D eigenvalue weighted by atomic mass is 35.5. The maximum absolute atomic E-state index is 11.6. The van der Waals surface area contributed by atoms with Crippen molar-refractivity contribution in [3.8, 4) is 0 Å². The topological polar surface area (TPSA) is 41.6 Å². The fourth-order valence-corrected chi connectivity index (χ4v) is 2.25. The number of anilines is 1. The number of benzene rings is 1. The molecule has 18 heavy (non-hydrogen) atoms. The Bertz CT molecular complexity index is 431. The number of esters is 1. The molecule has 4 nitrogen and oxygen atoms in total. The van der Waals surface area contributed by atoms with Crippen LogP contribution >= 0.6 is 11.6 Å². The summed E-state index contributed by atoms with van der Waals surface area (Å²) in [5.74, 6) is -0.366. The molecule has 0 saturated carbocycles. The van der Waals surface area contributed by atoms with Gasteiger partial charge in [0.1, 0.15) is 0 Å². The Morgan fingerprint density at radius 2 is 2.17 bits per heavy atom. The Balaban J connectivity index is 2.16. The van der Waals surface area contributed by atoms with Gasteiger partial charge >= 0.3 is 5.97 Å². The zero-order chi connectivity index (χ0) is 13.0. The van der Waals surface area contributed by atoms with Crippen LogP contribution in [0.4, 0.5) is 5.69 Å². The maximum atomic E-state index is 11.6. The molecule has 0 unspecified atom stereocenters. The lowest BCUT2D eigenvalue weighted by Gasteiger charge is -2.29. The molecule has 0 atom stereocenters. The van der Waals surface area contributed by atoms with Gasteiger partial charge in [-0.05, 0) is 25.1 Å². The Kier molecular flexibility index (Phi) is 4.44. The van der Waals surface area contributed by atoms with Crippen molar-refractivity contribution in [2.45, 2.75) is 6.92 Å². The molecular weight excluding hydrogens is 252 g/mol. The maximum Gasteiger partial charge on any atom is 0.339 e. The van der Waals surface area contributed by atoms with Gasteiger partial charge in [-0.3, -0.25) is 0 Å². The van der Waals surface area contributed by atoms with Crippen molar-refractivity contribution in [3.05, 3.63) is 28.8 Å². The average Bonchev–Trinajstić information content (AvgIpc) is 2.40. The number of hydrogen-bond acceptors (Lipinski definition) is 4. The minimum absolute atomic E-state index is 0.356. The normalized spacial score (nSPS) is 15.6. The van der Waals surface area contributed by atoms with Gasteiger partial charge in [-0.1, -0.05) is 11.6 Å².